The second-order valence-corrected chi connectivity index (χ2v) is 3.49. The largest absolute Gasteiger partial charge is 0.450 e. The van der Waals surface area contributed by atoms with Crippen LogP contribution in [0.25, 0.3) is 0 Å². The summed E-state index contributed by atoms with van der Waals surface area (Å²) in [6.45, 7) is 6.92. The molecule has 0 aromatic carbocycles. The van der Waals surface area contributed by atoms with Crippen molar-refractivity contribution in [1.29, 1.82) is 0 Å². The molecule has 72 valence electrons. The molecular weight excluding hydrogens is 431 g/mol. The molecule has 5 heteroatoms. The van der Waals surface area contributed by atoms with Gasteiger partial charge >= 0.3 is 0 Å². The molecule has 0 atom stereocenters. The van der Waals surface area contributed by atoms with Gasteiger partial charge in [-0.15, -0.1) is 0 Å². The summed E-state index contributed by atoms with van der Waals surface area (Å²) in [5.74, 6) is 0.0764. The molecule has 0 unspecified atom stereocenters. The SMILES string of the molecule is [CH2-]C.[CH2-]OS(=O)(=O)CCCC.[Rf]. The molecule has 0 radical (unpaired) electrons. The van der Waals surface area contributed by atoms with Crippen molar-refractivity contribution < 1.29 is 12.6 Å². The molecule has 0 aliphatic carbocycles. The van der Waals surface area contributed by atoms with Crippen molar-refractivity contribution >= 4 is 10.1 Å². The summed E-state index contributed by atoms with van der Waals surface area (Å²) < 4.78 is 24.9. The Bertz CT molecular complexity index is 154. The average molecular weight is 447 g/mol. The van der Waals surface area contributed by atoms with E-state index < -0.39 is 10.1 Å². The molecule has 0 N–H and O–H groups in total. The first-order chi connectivity index (χ1) is 5.12. The van der Waals surface area contributed by atoms with Gasteiger partial charge < -0.3 is 11.1 Å². The predicted molar refractivity (Wildman–Crippen MR) is 46.2 cm³/mol. The van der Waals surface area contributed by atoms with Crippen molar-refractivity contribution in [3.8, 4) is 0 Å². The third-order valence-corrected chi connectivity index (χ3v) is 2.08. The molecule has 0 spiro atoms. The Hall–Kier alpha value is -1.09. The molecule has 0 aliphatic heterocycles. The van der Waals surface area contributed by atoms with Crippen LogP contribution in [0.5, 0.6) is 0 Å². The summed E-state index contributed by atoms with van der Waals surface area (Å²) >= 11 is 0. The first-order valence-electron chi connectivity index (χ1n) is 3.49. The Morgan fingerprint density at radius 2 is 1.75 bits per heavy atom. The van der Waals surface area contributed by atoms with Gasteiger partial charge in [-0.2, -0.15) is 6.92 Å². The zero-order valence-corrected chi connectivity index (χ0v) is 15.1. The molecule has 0 saturated carbocycles. The molecule has 0 heterocycles. The molecule has 0 rings (SSSR count). The van der Waals surface area contributed by atoms with Gasteiger partial charge in [0.25, 0.3) is 0 Å². The molecule has 0 saturated heterocycles. The van der Waals surface area contributed by atoms with E-state index in [9.17, 15) is 8.42 Å². The minimum atomic E-state index is -3.29. The third kappa shape index (κ3) is 11.7. The Morgan fingerprint density at radius 1 is 1.33 bits per heavy atom. The smallest absolute Gasteiger partial charge is 0.237 e. The quantitative estimate of drug-likeness (QED) is 0.488. The Labute approximate surface area is 69.9 Å². The molecule has 0 amide bonds. The summed E-state index contributed by atoms with van der Waals surface area (Å²) in [7, 11) is -0.470. The Kier molecular flexibility index (Phi) is 14.1. The fourth-order valence-electron chi connectivity index (χ4n) is 0.380. The predicted octanol–water partition coefficient (Wildman–Crippen LogP) is 1.76. The number of rotatable bonds is 4. The van der Waals surface area contributed by atoms with E-state index in [4.69, 9.17) is 0 Å². The van der Waals surface area contributed by atoms with Gasteiger partial charge in [0.15, 0.2) is 0 Å². The molecule has 3 nitrogen and oxygen atoms in total. The summed E-state index contributed by atoms with van der Waals surface area (Å²) in [6, 6.07) is 0. The average Bonchev–Trinajstić information content (AvgIpc) is 2.05. The van der Waals surface area contributed by atoms with Crippen LogP contribution in [0, 0.1) is 14.0 Å². The van der Waals surface area contributed by atoms with Crippen LogP contribution in [0.4, 0.5) is 0 Å². The normalized spacial score (nSPS) is 9.33. The monoisotopic (exact) mass is 447 g/mol. The van der Waals surface area contributed by atoms with E-state index in [1.54, 1.807) is 6.92 Å². The van der Waals surface area contributed by atoms with Crippen molar-refractivity contribution in [2.75, 3.05) is 5.75 Å². The van der Waals surface area contributed by atoms with E-state index in [1.807, 2.05) is 6.92 Å². The first kappa shape index (κ1) is 17.1. The molecule has 0 bridgehead atoms. The van der Waals surface area contributed by atoms with Crippen LogP contribution >= 0.6 is 0 Å². The molecule has 12 heavy (non-hydrogen) atoms. The van der Waals surface area contributed by atoms with Gasteiger partial charge in [-0.05, 0) is 6.42 Å². The van der Waals surface area contributed by atoms with E-state index in [0.717, 1.165) is 6.42 Å². The maximum absolute atomic E-state index is 10.5. The maximum atomic E-state index is 10.5. The van der Waals surface area contributed by atoms with Crippen LogP contribution in [-0.4, -0.2) is 14.2 Å². The molecule has 0 aromatic rings. The maximum Gasteiger partial charge on any atom is 0.237 e. The zero-order chi connectivity index (χ0) is 9.33. The van der Waals surface area contributed by atoms with Gasteiger partial charge in [0.2, 0.25) is 10.1 Å². The van der Waals surface area contributed by atoms with Gasteiger partial charge in [-0.25, -0.2) is 15.5 Å². The van der Waals surface area contributed by atoms with E-state index in [-0.39, 0.29) is 5.75 Å². The van der Waals surface area contributed by atoms with Crippen LogP contribution in [0.3, 0.4) is 0 Å². The topological polar surface area (TPSA) is 43.4 Å². The minimum absolute atomic E-state index is 0. The second kappa shape index (κ2) is 9.91. The Balaban J connectivity index is -0.000000249. The number of hydrogen-bond acceptors (Lipinski definition) is 3. The van der Waals surface area contributed by atoms with Crippen LogP contribution in [-0.2, 0) is 14.3 Å². The minimum Gasteiger partial charge on any atom is -0.450 e. The zero-order valence-electron chi connectivity index (χ0n) is 7.88. The van der Waals surface area contributed by atoms with Crippen molar-refractivity contribution in [3.05, 3.63) is 14.0 Å². The second-order valence-electron chi connectivity index (χ2n) is 1.73. The van der Waals surface area contributed by atoms with Crippen LogP contribution in [0.2, 0.25) is 0 Å². The number of unbranched alkanes of at least 4 members (excludes halogenated alkanes) is 1. The van der Waals surface area contributed by atoms with Gasteiger partial charge in [0.1, 0.15) is 0 Å². The van der Waals surface area contributed by atoms with Crippen molar-refractivity contribution in [2.45, 2.75) is 26.7 Å². The molecule has 0 aromatic heterocycles. The summed E-state index contributed by atoms with van der Waals surface area (Å²) in [6.07, 6.45) is 1.49. The Morgan fingerprint density at radius 3 is 2.00 bits per heavy atom. The van der Waals surface area contributed by atoms with E-state index in [2.05, 4.69) is 18.2 Å². The molecular formula is C7H16O3RfS-2. The third-order valence-electron chi connectivity index (χ3n) is 0.927. The van der Waals surface area contributed by atoms with Crippen molar-refractivity contribution in [1.82, 2.24) is 0 Å². The number of hydrogen-bond donors (Lipinski definition) is 0. The molecule has 0 fully saturated rings. The standard InChI is InChI=1S/C5H11O3S.C2H5.Rf/c1-3-4-5-9(6,7)8-2;1-2;/h2-5H2,1H3;1H2,2H3;/q2*-1;. The van der Waals surface area contributed by atoms with Crippen molar-refractivity contribution in [3.63, 3.8) is 0 Å². The van der Waals surface area contributed by atoms with Crippen molar-refractivity contribution in [2.24, 2.45) is 0 Å². The van der Waals surface area contributed by atoms with E-state index in [0.29, 0.717) is 6.42 Å². The van der Waals surface area contributed by atoms with Crippen LogP contribution in [0.15, 0.2) is 0 Å². The van der Waals surface area contributed by atoms with Crippen LogP contribution < -0.4 is 0 Å². The molecule has 0 aliphatic rings. The van der Waals surface area contributed by atoms with E-state index in [1.165, 1.54) is 0 Å². The van der Waals surface area contributed by atoms with Gasteiger partial charge in [-0.1, -0.05) is 13.3 Å². The van der Waals surface area contributed by atoms with Gasteiger partial charge in [0, 0.05) is 0 Å². The van der Waals surface area contributed by atoms with Gasteiger partial charge in [0.05, 0.1) is 5.75 Å². The summed E-state index contributed by atoms with van der Waals surface area (Å²) in [4.78, 5) is 0. The van der Waals surface area contributed by atoms with Crippen LogP contribution in [0.1, 0.15) is 26.7 Å². The van der Waals surface area contributed by atoms with E-state index >= 15 is 0 Å². The summed E-state index contributed by atoms with van der Waals surface area (Å²) in [5.41, 5.74) is 0. The fraction of sp³-hybridized carbons (Fsp3) is 0.714. The van der Waals surface area contributed by atoms with Gasteiger partial charge in [-0.3, -0.25) is 0 Å². The fourth-order valence-corrected chi connectivity index (χ4v) is 1.14. The summed E-state index contributed by atoms with van der Waals surface area (Å²) in [5, 5.41) is 0. The first-order valence-corrected chi connectivity index (χ1v) is 5.07.